The van der Waals surface area contributed by atoms with Gasteiger partial charge in [-0.2, -0.15) is 0 Å². The quantitative estimate of drug-likeness (QED) is 0.601. The first-order valence-electron chi connectivity index (χ1n) is 7.64. The minimum atomic E-state index is 0.0320. The Bertz CT molecular complexity index is 701. The number of allylic oxidation sites excluding steroid dienone is 2. The molecule has 0 spiro atoms. The summed E-state index contributed by atoms with van der Waals surface area (Å²) in [6.07, 6.45) is 10.2. The second kappa shape index (κ2) is 6.90. The van der Waals surface area contributed by atoms with Crippen molar-refractivity contribution in [2.45, 2.75) is 12.8 Å². The zero-order valence-corrected chi connectivity index (χ0v) is 12.5. The van der Waals surface area contributed by atoms with E-state index in [1.807, 2.05) is 54.6 Å². The van der Waals surface area contributed by atoms with E-state index in [2.05, 4.69) is 23.2 Å². The summed E-state index contributed by atoms with van der Waals surface area (Å²) in [4.78, 5) is 14.4. The Morgan fingerprint density at radius 1 is 1.00 bits per heavy atom. The van der Waals surface area contributed by atoms with Gasteiger partial charge in [0.1, 0.15) is 0 Å². The number of anilines is 1. The molecule has 0 saturated heterocycles. The van der Waals surface area contributed by atoms with E-state index in [-0.39, 0.29) is 5.78 Å². The van der Waals surface area contributed by atoms with E-state index in [0.29, 0.717) is 5.56 Å². The molecule has 0 amide bonds. The molecular weight excluding hydrogens is 270 g/mol. The van der Waals surface area contributed by atoms with Crippen molar-refractivity contribution < 1.29 is 4.79 Å². The summed E-state index contributed by atoms with van der Waals surface area (Å²) in [7, 11) is 0. The van der Waals surface area contributed by atoms with Gasteiger partial charge in [-0.1, -0.05) is 54.6 Å². The molecule has 0 saturated carbocycles. The maximum absolute atomic E-state index is 12.2. The number of para-hydroxylation sites is 1. The third-order valence-corrected chi connectivity index (χ3v) is 3.77. The summed E-state index contributed by atoms with van der Waals surface area (Å²) in [6, 6.07) is 17.5. The van der Waals surface area contributed by atoms with Crippen LogP contribution in [0.3, 0.4) is 0 Å². The largest absolute Gasteiger partial charge is 0.348 e. The highest BCUT2D eigenvalue weighted by molar-refractivity contribution is 6.07. The van der Waals surface area contributed by atoms with Gasteiger partial charge in [0, 0.05) is 24.0 Å². The Labute approximate surface area is 131 Å². The molecule has 110 valence electrons. The second-order valence-corrected chi connectivity index (χ2v) is 5.34. The number of hydrogen-bond donors (Lipinski definition) is 0. The van der Waals surface area contributed by atoms with E-state index in [1.165, 1.54) is 0 Å². The molecule has 2 heteroatoms. The van der Waals surface area contributed by atoms with Crippen LogP contribution in [0.15, 0.2) is 72.9 Å². The molecule has 0 fully saturated rings. The maximum Gasteiger partial charge on any atom is 0.185 e. The van der Waals surface area contributed by atoms with Crippen molar-refractivity contribution in [2.75, 3.05) is 11.4 Å². The van der Waals surface area contributed by atoms with Gasteiger partial charge in [-0.05, 0) is 36.6 Å². The monoisotopic (exact) mass is 289 g/mol. The van der Waals surface area contributed by atoms with Crippen molar-refractivity contribution in [3.8, 4) is 0 Å². The van der Waals surface area contributed by atoms with Gasteiger partial charge >= 0.3 is 0 Å². The van der Waals surface area contributed by atoms with Crippen LogP contribution in [0.5, 0.6) is 0 Å². The molecule has 0 N–H and O–H groups in total. The summed E-state index contributed by atoms with van der Waals surface area (Å²) in [5.41, 5.74) is 2.93. The predicted octanol–water partition coefficient (Wildman–Crippen LogP) is 4.70. The fourth-order valence-electron chi connectivity index (χ4n) is 2.61. The molecule has 2 aromatic rings. The number of carbonyl (C=O) groups is 1. The molecule has 1 aliphatic heterocycles. The molecule has 2 nitrogen and oxygen atoms in total. The Kier molecular flexibility index (Phi) is 4.50. The lowest BCUT2D eigenvalue weighted by atomic mass is 10.1. The summed E-state index contributed by atoms with van der Waals surface area (Å²) in [5, 5.41) is 0. The number of nitrogens with zero attached hydrogens (tertiary/aromatic N) is 1. The second-order valence-electron chi connectivity index (χ2n) is 5.34. The van der Waals surface area contributed by atoms with Crippen molar-refractivity contribution >= 4 is 17.5 Å². The molecule has 2 aromatic carbocycles. The van der Waals surface area contributed by atoms with Crippen LogP contribution in [-0.2, 0) is 0 Å². The Hall–Kier alpha value is -2.61. The third-order valence-electron chi connectivity index (χ3n) is 3.77. The van der Waals surface area contributed by atoms with Crippen LogP contribution < -0.4 is 4.90 Å². The van der Waals surface area contributed by atoms with Crippen LogP contribution in [0.2, 0.25) is 0 Å². The van der Waals surface area contributed by atoms with E-state index in [9.17, 15) is 4.79 Å². The zero-order chi connectivity index (χ0) is 15.2. The molecule has 1 aliphatic rings. The van der Waals surface area contributed by atoms with Crippen LogP contribution in [0.4, 0.5) is 5.69 Å². The van der Waals surface area contributed by atoms with E-state index in [0.717, 1.165) is 30.6 Å². The normalized spacial score (nSPS) is 14.5. The van der Waals surface area contributed by atoms with Crippen molar-refractivity contribution in [3.05, 3.63) is 84.1 Å². The van der Waals surface area contributed by atoms with Crippen LogP contribution in [0.1, 0.15) is 28.8 Å². The maximum atomic E-state index is 12.2. The molecule has 0 unspecified atom stereocenters. The first-order chi connectivity index (χ1) is 10.8. The smallest absolute Gasteiger partial charge is 0.185 e. The van der Waals surface area contributed by atoms with Crippen LogP contribution >= 0.6 is 0 Å². The van der Waals surface area contributed by atoms with Crippen molar-refractivity contribution in [1.29, 1.82) is 0 Å². The fourth-order valence-corrected chi connectivity index (χ4v) is 2.61. The molecule has 0 radical (unpaired) electrons. The molecule has 0 aliphatic carbocycles. The number of benzene rings is 2. The van der Waals surface area contributed by atoms with Crippen molar-refractivity contribution in [2.24, 2.45) is 0 Å². The van der Waals surface area contributed by atoms with Gasteiger partial charge in [0.15, 0.2) is 5.78 Å². The van der Waals surface area contributed by atoms with Crippen LogP contribution in [0.25, 0.3) is 6.08 Å². The highest BCUT2D eigenvalue weighted by atomic mass is 16.1. The van der Waals surface area contributed by atoms with Gasteiger partial charge in [0.05, 0.1) is 0 Å². The van der Waals surface area contributed by atoms with E-state index in [4.69, 9.17) is 0 Å². The van der Waals surface area contributed by atoms with E-state index < -0.39 is 0 Å². The van der Waals surface area contributed by atoms with Gasteiger partial charge in [-0.15, -0.1) is 0 Å². The number of hydrogen-bond acceptors (Lipinski definition) is 2. The lowest BCUT2D eigenvalue weighted by molar-refractivity contribution is 0.104. The molecule has 0 atom stereocenters. The van der Waals surface area contributed by atoms with Gasteiger partial charge in [-0.3, -0.25) is 4.79 Å². The molecule has 0 bridgehead atoms. The highest BCUT2D eigenvalue weighted by Crippen LogP contribution is 2.24. The predicted molar refractivity (Wildman–Crippen MR) is 92.0 cm³/mol. The minimum Gasteiger partial charge on any atom is -0.348 e. The lowest BCUT2D eigenvalue weighted by Crippen LogP contribution is -2.20. The molecule has 0 aromatic heterocycles. The highest BCUT2D eigenvalue weighted by Gasteiger charge is 2.09. The molecule has 3 rings (SSSR count). The fraction of sp³-hybridized carbons (Fsp3) is 0.150. The summed E-state index contributed by atoms with van der Waals surface area (Å²) >= 11 is 0. The van der Waals surface area contributed by atoms with Gasteiger partial charge < -0.3 is 4.90 Å². The SMILES string of the molecule is O=C(C=Cc1ccccc1N1C=CCCC1)c1ccccc1. The Balaban J connectivity index is 1.83. The number of rotatable bonds is 4. The van der Waals surface area contributed by atoms with Crippen LogP contribution in [-0.4, -0.2) is 12.3 Å². The lowest BCUT2D eigenvalue weighted by Gasteiger charge is -2.25. The van der Waals surface area contributed by atoms with E-state index in [1.54, 1.807) is 6.08 Å². The average Bonchev–Trinajstić information content (AvgIpc) is 2.61. The summed E-state index contributed by atoms with van der Waals surface area (Å²) in [5.74, 6) is 0.0320. The summed E-state index contributed by atoms with van der Waals surface area (Å²) < 4.78 is 0. The molecular formula is C20H19NO. The van der Waals surface area contributed by atoms with E-state index >= 15 is 0 Å². The first kappa shape index (κ1) is 14.3. The number of carbonyl (C=O) groups excluding carboxylic acids is 1. The van der Waals surface area contributed by atoms with Gasteiger partial charge in [0.25, 0.3) is 0 Å². The van der Waals surface area contributed by atoms with Crippen LogP contribution in [0, 0.1) is 0 Å². The Morgan fingerprint density at radius 2 is 1.77 bits per heavy atom. The summed E-state index contributed by atoms with van der Waals surface area (Å²) in [6.45, 7) is 1.02. The standard InChI is InChI=1S/C20H19NO/c22-20(18-10-3-1-4-11-18)14-13-17-9-5-6-12-19(17)21-15-7-2-8-16-21/h1,3-7,9-15H,2,8,16H2. The third kappa shape index (κ3) is 3.34. The van der Waals surface area contributed by atoms with Crippen molar-refractivity contribution in [3.63, 3.8) is 0 Å². The topological polar surface area (TPSA) is 20.3 Å². The molecule has 22 heavy (non-hydrogen) atoms. The Morgan fingerprint density at radius 3 is 2.55 bits per heavy atom. The van der Waals surface area contributed by atoms with Gasteiger partial charge in [-0.25, -0.2) is 0 Å². The van der Waals surface area contributed by atoms with Gasteiger partial charge in [0.2, 0.25) is 0 Å². The average molecular weight is 289 g/mol. The number of ketones is 1. The first-order valence-corrected chi connectivity index (χ1v) is 7.64. The van der Waals surface area contributed by atoms with Crippen molar-refractivity contribution in [1.82, 2.24) is 0 Å². The molecule has 1 heterocycles. The zero-order valence-electron chi connectivity index (χ0n) is 12.5. The minimum absolute atomic E-state index is 0.0320.